The second-order valence-electron chi connectivity index (χ2n) is 3.73. The fraction of sp³-hybridized carbons (Fsp3) is 0.462. The Labute approximate surface area is 107 Å². The summed E-state index contributed by atoms with van der Waals surface area (Å²) in [5.74, 6) is -0.281. The number of ether oxygens (including phenoxy) is 2. The van der Waals surface area contributed by atoms with Crippen molar-refractivity contribution in [3.63, 3.8) is 0 Å². The van der Waals surface area contributed by atoms with Crippen LogP contribution in [0.2, 0.25) is 0 Å². The van der Waals surface area contributed by atoms with Gasteiger partial charge in [-0.15, -0.1) is 0 Å². The molecule has 1 aromatic carbocycles. The molecule has 1 amide bonds. The van der Waals surface area contributed by atoms with Crippen molar-refractivity contribution in [1.82, 2.24) is 5.32 Å². The minimum absolute atomic E-state index is 0.00801. The zero-order valence-corrected chi connectivity index (χ0v) is 10.5. The normalized spacial score (nSPS) is 10.3. The third-order valence-electron chi connectivity index (χ3n) is 2.33. The SMILES string of the molecule is COCCOCCCNC(=O)c1ccccc1O. The minimum atomic E-state index is -0.273. The second kappa shape index (κ2) is 8.49. The highest BCUT2D eigenvalue weighted by atomic mass is 16.5. The van der Waals surface area contributed by atoms with Crippen molar-refractivity contribution in [2.45, 2.75) is 6.42 Å². The lowest BCUT2D eigenvalue weighted by Gasteiger charge is -2.07. The lowest BCUT2D eigenvalue weighted by atomic mass is 10.2. The van der Waals surface area contributed by atoms with Crippen LogP contribution < -0.4 is 5.32 Å². The number of amides is 1. The standard InChI is InChI=1S/C13H19NO4/c1-17-9-10-18-8-4-7-14-13(16)11-5-2-3-6-12(11)15/h2-3,5-6,15H,4,7-10H2,1H3,(H,14,16). The number of carbonyl (C=O) groups is 1. The zero-order chi connectivity index (χ0) is 13.2. The van der Waals surface area contributed by atoms with E-state index in [0.717, 1.165) is 6.42 Å². The predicted octanol–water partition coefficient (Wildman–Crippen LogP) is 1.18. The number of methoxy groups -OCH3 is 1. The van der Waals surface area contributed by atoms with Gasteiger partial charge >= 0.3 is 0 Å². The maximum Gasteiger partial charge on any atom is 0.255 e. The maximum atomic E-state index is 11.7. The molecule has 0 saturated carbocycles. The van der Waals surface area contributed by atoms with Crippen LogP contribution in [0.5, 0.6) is 5.75 Å². The molecule has 0 fully saturated rings. The number of phenols is 1. The smallest absolute Gasteiger partial charge is 0.255 e. The highest BCUT2D eigenvalue weighted by Crippen LogP contribution is 2.14. The van der Waals surface area contributed by atoms with Gasteiger partial charge in [0.05, 0.1) is 18.8 Å². The summed E-state index contributed by atoms with van der Waals surface area (Å²) in [5, 5.41) is 12.2. The van der Waals surface area contributed by atoms with Crippen molar-refractivity contribution >= 4 is 5.91 Å². The number of hydrogen-bond acceptors (Lipinski definition) is 4. The van der Waals surface area contributed by atoms with Crippen LogP contribution in [0.3, 0.4) is 0 Å². The minimum Gasteiger partial charge on any atom is -0.507 e. The Morgan fingerprint density at radius 3 is 2.78 bits per heavy atom. The van der Waals surface area contributed by atoms with Crippen LogP contribution in [0.15, 0.2) is 24.3 Å². The second-order valence-corrected chi connectivity index (χ2v) is 3.73. The molecule has 0 spiro atoms. The van der Waals surface area contributed by atoms with Crippen LogP contribution in [0.25, 0.3) is 0 Å². The number of benzene rings is 1. The van der Waals surface area contributed by atoms with Crippen LogP contribution in [-0.2, 0) is 9.47 Å². The van der Waals surface area contributed by atoms with Gasteiger partial charge in [0.15, 0.2) is 0 Å². The topological polar surface area (TPSA) is 67.8 Å². The van der Waals surface area contributed by atoms with Gasteiger partial charge in [0.25, 0.3) is 5.91 Å². The number of para-hydroxylation sites is 1. The number of nitrogens with one attached hydrogen (secondary N) is 1. The van der Waals surface area contributed by atoms with Crippen LogP contribution in [-0.4, -0.2) is 44.5 Å². The third-order valence-corrected chi connectivity index (χ3v) is 2.33. The highest BCUT2D eigenvalue weighted by molar-refractivity contribution is 5.96. The monoisotopic (exact) mass is 253 g/mol. The summed E-state index contributed by atoms with van der Waals surface area (Å²) < 4.78 is 10.1. The summed E-state index contributed by atoms with van der Waals surface area (Å²) in [5.41, 5.74) is 0.290. The van der Waals surface area contributed by atoms with E-state index < -0.39 is 0 Å². The maximum absolute atomic E-state index is 11.7. The first-order valence-electron chi connectivity index (χ1n) is 5.88. The van der Waals surface area contributed by atoms with Gasteiger partial charge in [-0.3, -0.25) is 4.79 Å². The lowest BCUT2D eigenvalue weighted by Crippen LogP contribution is -2.25. The molecule has 0 unspecified atom stereocenters. The largest absolute Gasteiger partial charge is 0.507 e. The Kier molecular flexibility index (Phi) is 6.83. The van der Waals surface area contributed by atoms with Gasteiger partial charge in [-0.2, -0.15) is 0 Å². The van der Waals surface area contributed by atoms with Crippen LogP contribution in [0.1, 0.15) is 16.8 Å². The van der Waals surface area contributed by atoms with E-state index in [9.17, 15) is 9.90 Å². The molecule has 0 aliphatic heterocycles. The van der Waals surface area contributed by atoms with E-state index in [-0.39, 0.29) is 17.2 Å². The first kappa shape index (κ1) is 14.5. The molecule has 0 heterocycles. The fourth-order valence-corrected chi connectivity index (χ4v) is 1.38. The van der Waals surface area contributed by atoms with Crippen molar-refractivity contribution in [2.24, 2.45) is 0 Å². The van der Waals surface area contributed by atoms with Crippen LogP contribution in [0, 0.1) is 0 Å². The summed E-state index contributed by atoms with van der Waals surface area (Å²) >= 11 is 0. The third kappa shape index (κ3) is 5.16. The zero-order valence-electron chi connectivity index (χ0n) is 10.5. The Hall–Kier alpha value is -1.59. The molecule has 0 aliphatic carbocycles. The molecule has 0 radical (unpaired) electrons. The number of phenolic OH excluding ortho intramolecular Hbond substituents is 1. The van der Waals surface area contributed by atoms with E-state index in [1.807, 2.05) is 0 Å². The number of aromatic hydroxyl groups is 1. The van der Waals surface area contributed by atoms with Crippen molar-refractivity contribution < 1.29 is 19.4 Å². The fourth-order valence-electron chi connectivity index (χ4n) is 1.38. The number of hydrogen-bond donors (Lipinski definition) is 2. The molecule has 0 aromatic heterocycles. The van der Waals surface area contributed by atoms with Crippen LogP contribution >= 0.6 is 0 Å². The first-order valence-corrected chi connectivity index (χ1v) is 5.88. The molecular formula is C13H19NO4. The van der Waals surface area contributed by atoms with Crippen molar-refractivity contribution in [3.8, 4) is 5.75 Å². The van der Waals surface area contributed by atoms with Gasteiger partial charge in [0.2, 0.25) is 0 Å². The van der Waals surface area contributed by atoms with E-state index in [1.54, 1.807) is 25.3 Å². The molecule has 2 N–H and O–H groups in total. The Balaban J connectivity index is 2.16. The van der Waals surface area contributed by atoms with E-state index in [2.05, 4.69) is 5.32 Å². The summed E-state index contributed by atoms with van der Waals surface area (Å²) in [7, 11) is 1.62. The van der Waals surface area contributed by atoms with Crippen molar-refractivity contribution in [2.75, 3.05) is 33.5 Å². The van der Waals surface area contributed by atoms with E-state index in [0.29, 0.717) is 26.4 Å². The van der Waals surface area contributed by atoms with Crippen molar-refractivity contribution in [3.05, 3.63) is 29.8 Å². The summed E-state index contributed by atoms with van der Waals surface area (Å²) in [6.45, 7) is 2.22. The van der Waals surface area contributed by atoms with E-state index >= 15 is 0 Å². The lowest BCUT2D eigenvalue weighted by molar-refractivity contribution is 0.0688. The number of carbonyl (C=O) groups excluding carboxylic acids is 1. The predicted molar refractivity (Wildman–Crippen MR) is 67.8 cm³/mol. The molecule has 100 valence electrons. The first-order chi connectivity index (χ1) is 8.75. The molecule has 1 rings (SSSR count). The Bertz CT molecular complexity index is 368. The molecule has 0 aliphatic rings. The quantitative estimate of drug-likeness (QED) is 0.683. The van der Waals surface area contributed by atoms with Gasteiger partial charge in [0.1, 0.15) is 5.75 Å². The van der Waals surface area contributed by atoms with E-state index in [1.165, 1.54) is 6.07 Å². The van der Waals surface area contributed by atoms with E-state index in [4.69, 9.17) is 9.47 Å². The summed E-state index contributed by atoms with van der Waals surface area (Å²) in [6, 6.07) is 6.46. The Morgan fingerprint density at radius 1 is 1.28 bits per heavy atom. The molecule has 18 heavy (non-hydrogen) atoms. The number of rotatable bonds is 8. The average Bonchev–Trinajstić information content (AvgIpc) is 2.38. The van der Waals surface area contributed by atoms with Gasteiger partial charge in [-0.05, 0) is 18.6 Å². The molecule has 0 saturated heterocycles. The summed E-state index contributed by atoms with van der Waals surface area (Å²) in [6.07, 6.45) is 0.725. The average molecular weight is 253 g/mol. The molecule has 1 aromatic rings. The van der Waals surface area contributed by atoms with Gasteiger partial charge < -0.3 is 19.9 Å². The molecule has 0 atom stereocenters. The van der Waals surface area contributed by atoms with Crippen molar-refractivity contribution in [1.29, 1.82) is 0 Å². The Morgan fingerprint density at radius 2 is 2.06 bits per heavy atom. The highest BCUT2D eigenvalue weighted by Gasteiger charge is 2.08. The van der Waals surface area contributed by atoms with Gasteiger partial charge in [-0.1, -0.05) is 12.1 Å². The van der Waals surface area contributed by atoms with Crippen LogP contribution in [0.4, 0.5) is 0 Å². The molecule has 0 bridgehead atoms. The summed E-state index contributed by atoms with van der Waals surface area (Å²) in [4.78, 5) is 11.7. The molecule has 5 heteroatoms. The molecular weight excluding hydrogens is 234 g/mol. The van der Waals surface area contributed by atoms with Gasteiger partial charge in [0, 0.05) is 20.3 Å². The molecule has 5 nitrogen and oxygen atoms in total. The van der Waals surface area contributed by atoms with Gasteiger partial charge in [-0.25, -0.2) is 0 Å².